The number of thiophene rings is 1. The number of nitrogens with zero attached hydrogens (tertiary/aromatic N) is 3. The zero-order chi connectivity index (χ0) is 20.9. The molecule has 1 N–H and O–H groups in total. The fraction of sp³-hybridized carbons (Fsp3) is 0.348. The smallest absolute Gasteiger partial charge is 0.253 e. The summed E-state index contributed by atoms with van der Waals surface area (Å²) in [6.07, 6.45) is 6.15. The molecule has 4 rings (SSSR count). The summed E-state index contributed by atoms with van der Waals surface area (Å²) in [5.41, 5.74) is 3.49. The van der Waals surface area contributed by atoms with E-state index in [1.54, 1.807) is 23.6 Å². The van der Waals surface area contributed by atoms with Crippen molar-refractivity contribution in [3.8, 4) is 21.7 Å². The standard InChI is InChI=1S/C23H25ClN4OS/c1-2-9-25-23-26-10-8-20(27-23)21-14-17(15-30-21)18-7-6-16(13-19(18)24)22(29)28-11-4-3-5-12-28/h6-8,10,13-15H,2-5,9,11-12H2,1H3,(H,25,26,27). The average Bonchev–Trinajstić information content (AvgIpc) is 3.28. The number of anilines is 1. The minimum absolute atomic E-state index is 0.0715. The van der Waals surface area contributed by atoms with E-state index in [0.29, 0.717) is 16.5 Å². The molecule has 1 amide bonds. The van der Waals surface area contributed by atoms with Gasteiger partial charge in [-0.25, -0.2) is 9.97 Å². The van der Waals surface area contributed by atoms with Gasteiger partial charge in [0, 0.05) is 42.0 Å². The van der Waals surface area contributed by atoms with Crippen LogP contribution in [0.2, 0.25) is 5.02 Å². The van der Waals surface area contributed by atoms with Crippen molar-refractivity contribution in [3.63, 3.8) is 0 Å². The maximum atomic E-state index is 12.7. The summed E-state index contributed by atoms with van der Waals surface area (Å²) < 4.78 is 0. The molecule has 1 fully saturated rings. The van der Waals surface area contributed by atoms with Crippen molar-refractivity contribution < 1.29 is 4.79 Å². The van der Waals surface area contributed by atoms with Gasteiger partial charge in [-0.3, -0.25) is 4.79 Å². The molecule has 30 heavy (non-hydrogen) atoms. The number of benzene rings is 1. The summed E-state index contributed by atoms with van der Waals surface area (Å²) in [7, 11) is 0. The zero-order valence-corrected chi connectivity index (χ0v) is 18.6. The molecule has 1 saturated heterocycles. The van der Waals surface area contributed by atoms with Gasteiger partial charge in [0.15, 0.2) is 0 Å². The summed E-state index contributed by atoms with van der Waals surface area (Å²) in [4.78, 5) is 24.6. The van der Waals surface area contributed by atoms with Crippen LogP contribution in [0.1, 0.15) is 43.0 Å². The molecule has 2 aromatic heterocycles. The fourth-order valence-corrected chi connectivity index (χ4v) is 4.76. The normalized spacial score (nSPS) is 14.0. The van der Waals surface area contributed by atoms with Crippen LogP contribution in [0.4, 0.5) is 5.95 Å². The maximum absolute atomic E-state index is 12.7. The van der Waals surface area contributed by atoms with Crippen LogP contribution < -0.4 is 5.32 Å². The largest absolute Gasteiger partial charge is 0.354 e. The molecule has 0 atom stereocenters. The lowest BCUT2D eigenvalue weighted by Gasteiger charge is -2.26. The number of halogens is 1. The van der Waals surface area contributed by atoms with Gasteiger partial charge in [-0.1, -0.05) is 24.6 Å². The molecule has 1 aliphatic rings. The summed E-state index contributed by atoms with van der Waals surface area (Å²) in [5, 5.41) is 5.89. The molecule has 3 heterocycles. The van der Waals surface area contributed by atoms with Crippen LogP contribution in [0.15, 0.2) is 41.9 Å². The molecule has 1 aromatic carbocycles. The van der Waals surface area contributed by atoms with Crippen LogP contribution in [0, 0.1) is 0 Å². The van der Waals surface area contributed by atoms with E-state index in [2.05, 4.69) is 33.7 Å². The molecular formula is C23H25ClN4OS. The Morgan fingerprint density at radius 2 is 2.03 bits per heavy atom. The number of rotatable bonds is 6. The van der Waals surface area contributed by atoms with E-state index in [0.717, 1.165) is 60.6 Å². The minimum Gasteiger partial charge on any atom is -0.354 e. The number of piperidine rings is 1. The number of hydrogen-bond donors (Lipinski definition) is 1. The van der Waals surface area contributed by atoms with Crippen molar-refractivity contribution in [1.29, 1.82) is 0 Å². The highest BCUT2D eigenvalue weighted by Crippen LogP contribution is 2.36. The number of carbonyl (C=O) groups excluding carboxylic acids is 1. The second-order valence-corrected chi connectivity index (χ2v) is 8.76. The van der Waals surface area contributed by atoms with Gasteiger partial charge in [0.25, 0.3) is 5.91 Å². The molecule has 0 spiro atoms. The van der Waals surface area contributed by atoms with Crippen LogP contribution in [0.25, 0.3) is 21.7 Å². The average molecular weight is 441 g/mol. The highest BCUT2D eigenvalue weighted by Gasteiger charge is 2.19. The van der Waals surface area contributed by atoms with E-state index in [1.165, 1.54) is 6.42 Å². The quantitative estimate of drug-likeness (QED) is 0.512. The Kier molecular flexibility index (Phi) is 6.65. The molecular weight excluding hydrogens is 416 g/mol. The van der Waals surface area contributed by atoms with E-state index in [-0.39, 0.29) is 5.91 Å². The highest BCUT2D eigenvalue weighted by atomic mass is 35.5. The molecule has 0 aliphatic carbocycles. The molecule has 7 heteroatoms. The predicted octanol–water partition coefficient (Wildman–Crippen LogP) is 5.97. The van der Waals surface area contributed by atoms with E-state index in [4.69, 9.17) is 11.6 Å². The van der Waals surface area contributed by atoms with Gasteiger partial charge in [-0.05, 0) is 60.9 Å². The van der Waals surface area contributed by atoms with Crippen LogP contribution >= 0.6 is 22.9 Å². The summed E-state index contributed by atoms with van der Waals surface area (Å²) in [6, 6.07) is 9.62. The Labute approximate surface area is 186 Å². The Morgan fingerprint density at radius 3 is 2.80 bits per heavy atom. The first-order valence-electron chi connectivity index (χ1n) is 10.4. The molecule has 5 nitrogen and oxygen atoms in total. The van der Waals surface area contributed by atoms with Crippen LogP contribution in [-0.4, -0.2) is 40.4 Å². The van der Waals surface area contributed by atoms with E-state index in [1.807, 2.05) is 23.1 Å². The van der Waals surface area contributed by atoms with Crippen LogP contribution in [-0.2, 0) is 0 Å². The Hall–Kier alpha value is -2.44. The van der Waals surface area contributed by atoms with Crippen molar-refractivity contribution in [2.75, 3.05) is 25.0 Å². The Morgan fingerprint density at radius 1 is 1.20 bits per heavy atom. The van der Waals surface area contributed by atoms with Gasteiger partial charge in [0.05, 0.1) is 10.6 Å². The zero-order valence-electron chi connectivity index (χ0n) is 17.0. The summed E-state index contributed by atoms with van der Waals surface area (Å²) >= 11 is 8.20. The molecule has 3 aromatic rings. The Balaban J connectivity index is 1.54. The number of nitrogens with one attached hydrogen (secondary N) is 1. The van der Waals surface area contributed by atoms with Crippen molar-refractivity contribution in [3.05, 3.63) is 52.5 Å². The van der Waals surface area contributed by atoms with Crippen molar-refractivity contribution in [2.45, 2.75) is 32.6 Å². The van der Waals surface area contributed by atoms with E-state index in [9.17, 15) is 4.79 Å². The van der Waals surface area contributed by atoms with Crippen molar-refractivity contribution in [1.82, 2.24) is 14.9 Å². The first kappa shape index (κ1) is 20.8. The van der Waals surface area contributed by atoms with E-state index >= 15 is 0 Å². The topological polar surface area (TPSA) is 58.1 Å². The first-order chi connectivity index (χ1) is 14.7. The number of aromatic nitrogens is 2. The lowest BCUT2D eigenvalue weighted by atomic mass is 10.0. The number of likely N-dealkylation sites (tertiary alicyclic amines) is 1. The molecule has 1 aliphatic heterocycles. The van der Waals surface area contributed by atoms with Gasteiger partial charge in [-0.2, -0.15) is 0 Å². The maximum Gasteiger partial charge on any atom is 0.253 e. The van der Waals surface area contributed by atoms with Crippen molar-refractivity contribution >= 4 is 34.8 Å². The number of carbonyl (C=O) groups is 1. The lowest BCUT2D eigenvalue weighted by Crippen LogP contribution is -2.35. The molecule has 156 valence electrons. The van der Waals surface area contributed by atoms with Crippen LogP contribution in [0.3, 0.4) is 0 Å². The third-order valence-corrected chi connectivity index (χ3v) is 6.48. The second kappa shape index (κ2) is 9.58. The van der Waals surface area contributed by atoms with Gasteiger partial charge in [-0.15, -0.1) is 11.3 Å². The first-order valence-corrected chi connectivity index (χ1v) is 11.7. The monoisotopic (exact) mass is 440 g/mol. The second-order valence-electron chi connectivity index (χ2n) is 7.44. The molecule has 0 unspecified atom stereocenters. The fourth-order valence-electron chi connectivity index (χ4n) is 3.59. The van der Waals surface area contributed by atoms with Crippen LogP contribution in [0.5, 0.6) is 0 Å². The predicted molar refractivity (Wildman–Crippen MR) is 124 cm³/mol. The van der Waals surface area contributed by atoms with Crippen molar-refractivity contribution in [2.24, 2.45) is 0 Å². The number of amides is 1. The third kappa shape index (κ3) is 4.65. The van der Waals surface area contributed by atoms with Gasteiger partial charge >= 0.3 is 0 Å². The SMILES string of the molecule is CCCNc1nccc(-c2cc(-c3ccc(C(=O)N4CCCCC4)cc3Cl)cs2)n1. The minimum atomic E-state index is 0.0715. The number of hydrogen-bond acceptors (Lipinski definition) is 5. The molecule has 0 bridgehead atoms. The molecule has 0 saturated carbocycles. The summed E-state index contributed by atoms with van der Waals surface area (Å²) in [5.74, 6) is 0.713. The molecule has 0 radical (unpaired) electrons. The van der Waals surface area contributed by atoms with Gasteiger partial charge in [0.2, 0.25) is 5.95 Å². The lowest BCUT2D eigenvalue weighted by molar-refractivity contribution is 0.0724. The highest BCUT2D eigenvalue weighted by molar-refractivity contribution is 7.14. The Bertz CT molecular complexity index is 1030. The third-order valence-electron chi connectivity index (χ3n) is 5.21. The van der Waals surface area contributed by atoms with Gasteiger partial charge < -0.3 is 10.2 Å². The summed E-state index contributed by atoms with van der Waals surface area (Å²) in [6.45, 7) is 4.62. The van der Waals surface area contributed by atoms with Gasteiger partial charge in [0.1, 0.15) is 0 Å². The van der Waals surface area contributed by atoms with E-state index < -0.39 is 0 Å².